The quantitative estimate of drug-likeness (QED) is 0.451. The molecule has 0 radical (unpaired) electrons. The third-order valence-corrected chi connectivity index (χ3v) is 3.07. The van der Waals surface area contributed by atoms with Crippen molar-refractivity contribution in [3.05, 3.63) is 21.6 Å². The molecule has 0 N–H and O–H groups in total. The molecule has 1 aromatic rings. The van der Waals surface area contributed by atoms with Gasteiger partial charge in [0.1, 0.15) is 6.20 Å². The Bertz CT molecular complexity index is 451. The standard InChI is InChI=1S/C11H15ClN4O2/c1-2-5-15(7-8-3-4-8)10-9(16(17)18)6-13-11(12)14-10/h6,8H,2-5,7H2,1H3. The van der Waals surface area contributed by atoms with Crippen molar-refractivity contribution in [2.75, 3.05) is 18.0 Å². The number of anilines is 1. The maximum Gasteiger partial charge on any atom is 0.329 e. The number of nitrogens with zero attached hydrogens (tertiary/aromatic N) is 4. The van der Waals surface area contributed by atoms with E-state index >= 15 is 0 Å². The van der Waals surface area contributed by atoms with E-state index in [4.69, 9.17) is 11.6 Å². The van der Waals surface area contributed by atoms with Gasteiger partial charge in [0.2, 0.25) is 11.1 Å². The molecule has 0 aliphatic heterocycles. The van der Waals surface area contributed by atoms with E-state index in [2.05, 4.69) is 9.97 Å². The summed E-state index contributed by atoms with van der Waals surface area (Å²) in [6.45, 7) is 3.58. The first-order valence-electron chi connectivity index (χ1n) is 6.03. The molecule has 0 spiro atoms. The van der Waals surface area contributed by atoms with Gasteiger partial charge in [-0.2, -0.15) is 4.98 Å². The minimum Gasteiger partial charge on any atom is -0.350 e. The van der Waals surface area contributed by atoms with Gasteiger partial charge in [-0.15, -0.1) is 0 Å². The summed E-state index contributed by atoms with van der Waals surface area (Å²) in [5, 5.41) is 11.0. The Morgan fingerprint density at radius 1 is 1.61 bits per heavy atom. The lowest BCUT2D eigenvalue weighted by Crippen LogP contribution is -2.28. The minimum absolute atomic E-state index is 0.0486. The summed E-state index contributed by atoms with van der Waals surface area (Å²) in [5.74, 6) is 0.971. The van der Waals surface area contributed by atoms with Crippen LogP contribution in [0, 0.1) is 16.0 Å². The second-order valence-corrected chi connectivity index (χ2v) is 4.83. The third kappa shape index (κ3) is 3.07. The van der Waals surface area contributed by atoms with Gasteiger partial charge in [0.25, 0.3) is 0 Å². The molecule has 2 rings (SSSR count). The Morgan fingerprint density at radius 2 is 2.33 bits per heavy atom. The molecule has 0 saturated heterocycles. The molecule has 0 unspecified atom stereocenters. The van der Waals surface area contributed by atoms with Gasteiger partial charge in [-0.1, -0.05) is 6.92 Å². The van der Waals surface area contributed by atoms with Crippen molar-refractivity contribution in [3.63, 3.8) is 0 Å². The molecule has 18 heavy (non-hydrogen) atoms. The lowest BCUT2D eigenvalue weighted by Gasteiger charge is -2.22. The molecule has 1 heterocycles. The van der Waals surface area contributed by atoms with Crippen molar-refractivity contribution >= 4 is 23.1 Å². The highest BCUT2D eigenvalue weighted by molar-refractivity contribution is 6.28. The Balaban J connectivity index is 2.30. The molecule has 6 nitrogen and oxygen atoms in total. The monoisotopic (exact) mass is 270 g/mol. The van der Waals surface area contributed by atoms with E-state index in [9.17, 15) is 10.1 Å². The summed E-state index contributed by atoms with van der Waals surface area (Å²) in [6, 6.07) is 0. The molecule has 1 saturated carbocycles. The second-order valence-electron chi connectivity index (χ2n) is 4.49. The van der Waals surface area contributed by atoms with Gasteiger partial charge in [-0.25, -0.2) is 4.98 Å². The topological polar surface area (TPSA) is 72.2 Å². The van der Waals surface area contributed by atoms with Gasteiger partial charge in [0.05, 0.1) is 4.92 Å². The van der Waals surface area contributed by atoms with E-state index in [-0.39, 0.29) is 11.0 Å². The van der Waals surface area contributed by atoms with E-state index < -0.39 is 4.92 Å². The maximum atomic E-state index is 11.0. The first-order chi connectivity index (χ1) is 8.61. The normalized spacial score (nSPS) is 14.6. The summed E-state index contributed by atoms with van der Waals surface area (Å²) in [7, 11) is 0. The van der Waals surface area contributed by atoms with Crippen LogP contribution in [0.3, 0.4) is 0 Å². The molecule has 1 fully saturated rings. The Morgan fingerprint density at radius 3 is 2.89 bits per heavy atom. The summed E-state index contributed by atoms with van der Waals surface area (Å²) >= 11 is 5.75. The number of nitro groups is 1. The largest absolute Gasteiger partial charge is 0.350 e. The van der Waals surface area contributed by atoms with Crippen molar-refractivity contribution < 1.29 is 4.92 Å². The fourth-order valence-corrected chi connectivity index (χ4v) is 2.00. The zero-order valence-electron chi connectivity index (χ0n) is 10.2. The lowest BCUT2D eigenvalue weighted by atomic mass is 10.3. The van der Waals surface area contributed by atoms with Crippen molar-refractivity contribution in [2.24, 2.45) is 5.92 Å². The van der Waals surface area contributed by atoms with Gasteiger partial charge in [0.15, 0.2) is 0 Å². The Hall–Kier alpha value is -1.43. The number of hydrogen-bond acceptors (Lipinski definition) is 5. The molecule has 1 aromatic heterocycles. The molecule has 1 aliphatic rings. The van der Waals surface area contributed by atoms with Crippen LogP contribution >= 0.6 is 11.6 Å². The summed E-state index contributed by atoms with van der Waals surface area (Å²) in [4.78, 5) is 20.2. The van der Waals surface area contributed by atoms with Gasteiger partial charge in [-0.3, -0.25) is 10.1 Å². The first-order valence-corrected chi connectivity index (χ1v) is 6.41. The molecule has 0 atom stereocenters. The van der Waals surface area contributed by atoms with Crippen molar-refractivity contribution in [3.8, 4) is 0 Å². The van der Waals surface area contributed by atoms with Crippen molar-refractivity contribution in [1.29, 1.82) is 0 Å². The van der Waals surface area contributed by atoms with Gasteiger partial charge < -0.3 is 4.90 Å². The van der Waals surface area contributed by atoms with E-state index in [1.807, 2.05) is 11.8 Å². The third-order valence-electron chi connectivity index (χ3n) is 2.89. The van der Waals surface area contributed by atoms with Crippen LogP contribution in [0.25, 0.3) is 0 Å². The van der Waals surface area contributed by atoms with Crippen LogP contribution in [0.15, 0.2) is 6.20 Å². The van der Waals surface area contributed by atoms with E-state index in [0.29, 0.717) is 11.7 Å². The molecule has 0 bridgehead atoms. The zero-order valence-corrected chi connectivity index (χ0v) is 10.9. The van der Waals surface area contributed by atoms with Gasteiger partial charge >= 0.3 is 5.69 Å². The van der Waals surface area contributed by atoms with Crippen LogP contribution < -0.4 is 4.90 Å². The van der Waals surface area contributed by atoms with Crippen LogP contribution in [0.5, 0.6) is 0 Å². The molecular weight excluding hydrogens is 256 g/mol. The molecule has 0 amide bonds. The second kappa shape index (κ2) is 5.48. The number of hydrogen-bond donors (Lipinski definition) is 0. The molecule has 1 aliphatic carbocycles. The van der Waals surface area contributed by atoms with Crippen LogP contribution in [0.1, 0.15) is 26.2 Å². The Kier molecular flexibility index (Phi) is 3.96. The molecule has 0 aromatic carbocycles. The smallest absolute Gasteiger partial charge is 0.329 e. The van der Waals surface area contributed by atoms with Crippen molar-refractivity contribution in [1.82, 2.24) is 9.97 Å². The number of rotatable bonds is 6. The average molecular weight is 271 g/mol. The van der Waals surface area contributed by atoms with Crippen LogP contribution in [0.2, 0.25) is 5.28 Å². The average Bonchev–Trinajstić information content (AvgIpc) is 3.12. The van der Waals surface area contributed by atoms with E-state index in [1.54, 1.807) is 0 Å². The number of aromatic nitrogens is 2. The first kappa shape index (κ1) is 13.0. The minimum atomic E-state index is -0.457. The summed E-state index contributed by atoms with van der Waals surface area (Å²) in [6.07, 6.45) is 4.46. The van der Waals surface area contributed by atoms with Crippen LogP contribution in [0.4, 0.5) is 11.5 Å². The van der Waals surface area contributed by atoms with Crippen LogP contribution in [-0.4, -0.2) is 28.0 Å². The summed E-state index contributed by atoms with van der Waals surface area (Å²) in [5.41, 5.74) is -0.0755. The number of halogens is 1. The SMILES string of the molecule is CCCN(CC1CC1)c1nc(Cl)ncc1[N+](=O)[O-]. The molecule has 7 heteroatoms. The molecular formula is C11H15ClN4O2. The predicted octanol–water partition coefficient (Wildman–Crippen LogP) is 2.66. The fraction of sp³-hybridized carbons (Fsp3) is 0.636. The predicted molar refractivity (Wildman–Crippen MR) is 68.9 cm³/mol. The maximum absolute atomic E-state index is 11.0. The highest BCUT2D eigenvalue weighted by atomic mass is 35.5. The fourth-order valence-electron chi connectivity index (χ4n) is 1.87. The zero-order chi connectivity index (χ0) is 13.1. The highest BCUT2D eigenvalue weighted by Gasteiger charge is 2.28. The Labute approximate surface area is 110 Å². The van der Waals surface area contributed by atoms with E-state index in [1.165, 1.54) is 19.0 Å². The lowest BCUT2D eigenvalue weighted by molar-refractivity contribution is -0.384. The van der Waals surface area contributed by atoms with Crippen LogP contribution in [-0.2, 0) is 0 Å². The van der Waals surface area contributed by atoms with Gasteiger partial charge in [0, 0.05) is 13.1 Å². The van der Waals surface area contributed by atoms with Crippen molar-refractivity contribution in [2.45, 2.75) is 26.2 Å². The van der Waals surface area contributed by atoms with Gasteiger partial charge in [-0.05, 0) is 36.8 Å². The molecule has 98 valence electrons. The van der Waals surface area contributed by atoms with E-state index in [0.717, 1.165) is 19.5 Å². The summed E-state index contributed by atoms with van der Waals surface area (Å²) < 4.78 is 0. The highest BCUT2D eigenvalue weighted by Crippen LogP contribution is 2.33.